The third-order valence-corrected chi connectivity index (χ3v) is 4.77. The fraction of sp³-hybridized carbons (Fsp3) is 0.333. The molecule has 1 saturated heterocycles. The smallest absolute Gasteiger partial charge is 0.326 e. The zero-order valence-corrected chi connectivity index (χ0v) is 14.9. The molecule has 2 aromatic rings. The Morgan fingerprint density at radius 1 is 1.19 bits per heavy atom. The number of carbonyl (C=O) groups excluding carboxylic acids is 1. The molecule has 0 radical (unpaired) electrons. The number of hydrogen-bond acceptors (Lipinski definition) is 3. The molecule has 136 valence electrons. The molecule has 0 spiro atoms. The monoisotopic (exact) mass is 353 g/mol. The first kappa shape index (κ1) is 18.0. The van der Waals surface area contributed by atoms with Gasteiger partial charge in [-0.05, 0) is 48.6 Å². The molecule has 5 nitrogen and oxygen atoms in total. The average Bonchev–Trinajstić information content (AvgIpc) is 3.12. The third kappa shape index (κ3) is 4.23. The van der Waals surface area contributed by atoms with Gasteiger partial charge >= 0.3 is 5.97 Å². The van der Waals surface area contributed by atoms with Crippen LogP contribution >= 0.6 is 0 Å². The number of amides is 1. The predicted molar refractivity (Wildman–Crippen MR) is 98.0 cm³/mol. The average molecular weight is 353 g/mol. The summed E-state index contributed by atoms with van der Waals surface area (Å²) in [4.78, 5) is 25.2. The van der Waals surface area contributed by atoms with Gasteiger partial charge in [-0.2, -0.15) is 0 Å². The Balaban J connectivity index is 1.63. The maximum Gasteiger partial charge on any atom is 0.326 e. The number of nitrogens with zero attached hydrogens (tertiary/aromatic N) is 1. The van der Waals surface area contributed by atoms with Crippen LogP contribution in [0.4, 0.5) is 0 Å². The van der Waals surface area contributed by atoms with Crippen LogP contribution < -0.4 is 4.74 Å². The molecule has 0 aliphatic carbocycles. The molecule has 26 heavy (non-hydrogen) atoms. The molecule has 1 N–H and O–H groups in total. The van der Waals surface area contributed by atoms with E-state index in [4.69, 9.17) is 4.74 Å². The summed E-state index contributed by atoms with van der Waals surface area (Å²) in [5, 5.41) is 9.23. The van der Waals surface area contributed by atoms with Gasteiger partial charge in [0.15, 0.2) is 0 Å². The Morgan fingerprint density at radius 2 is 2.00 bits per heavy atom. The zero-order valence-electron chi connectivity index (χ0n) is 14.9. The molecule has 1 amide bonds. The van der Waals surface area contributed by atoms with Crippen LogP contribution in [0, 0.1) is 6.92 Å². The number of carboxylic acids is 1. The van der Waals surface area contributed by atoms with Gasteiger partial charge in [-0.25, -0.2) is 4.79 Å². The second kappa shape index (κ2) is 8.04. The number of ether oxygens (including phenoxy) is 1. The van der Waals surface area contributed by atoms with Gasteiger partial charge in [0.2, 0.25) is 5.91 Å². The van der Waals surface area contributed by atoms with Crippen molar-refractivity contribution >= 4 is 11.9 Å². The van der Waals surface area contributed by atoms with Crippen molar-refractivity contribution in [2.75, 3.05) is 6.54 Å². The molecule has 2 aromatic carbocycles. The van der Waals surface area contributed by atoms with E-state index in [1.54, 1.807) is 0 Å². The number of aryl methyl sites for hydroxylation is 1. The number of hydrogen-bond donors (Lipinski definition) is 1. The van der Waals surface area contributed by atoms with Crippen LogP contribution in [0.1, 0.15) is 29.5 Å². The van der Waals surface area contributed by atoms with Gasteiger partial charge in [-0.1, -0.05) is 36.4 Å². The summed E-state index contributed by atoms with van der Waals surface area (Å²) in [5.74, 6) is -0.369. The van der Waals surface area contributed by atoms with Crippen molar-refractivity contribution < 1.29 is 19.4 Å². The molecule has 1 fully saturated rings. The molecule has 3 rings (SSSR count). The maximum atomic E-state index is 12.5. The van der Waals surface area contributed by atoms with Crippen LogP contribution in [0.15, 0.2) is 48.5 Å². The van der Waals surface area contributed by atoms with E-state index in [2.05, 4.69) is 0 Å². The van der Waals surface area contributed by atoms with E-state index in [0.717, 1.165) is 17.5 Å². The van der Waals surface area contributed by atoms with Crippen LogP contribution in [0.3, 0.4) is 0 Å². The Hall–Kier alpha value is -2.82. The van der Waals surface area contributed by atoms with Gasteiger partial charge < -0.3 is 14.7 Å². The zero-order chi connectivity index (χ0) is 18.5. The van der Waals surface area contributed by atoms with Crippen molar-refractivity contribution in [2.45, 2.75) is 38.8 Å². The summed E-state index contributed by atoms with van der Waals surface area (Å²) in [5.41, 5.74) is 3.12. The highest BCUT2D eigenvalue weighted by atomic mass is 16.5. The molecule has 0 bridgehead atoms. The lowest BCUT2D eigenvalue weighted by Gasteiger charge is -2.21. The van der Waals surface area contributed by atoms with E-state index in [9.17, 15) is 14.7 Å². The van der Waals surface area contributed by atoms with Crippen molar-refractivity contribution in [1.29, 1.82) is 0 Å². The van der Waals surface area contributed by atoms with E-state index in [1.165, 1.54) is 10.5 Å². The summed E-state index contributed by atoms with van der Waals surface area (Å²) in [7, 11) is 0. The van der Waals surface area contributed by atoms with Gasteiger partial charge in [-0.3, -0.25) is 4.79 Å². The fourth-order valence-corrected chi connectivity index (χ4v) is 3.28. The van der Waals surface area contributed by atoms with Crippen LogP contribution in [0.25, 0.3) is 0 Å². The van der Waals surface area contributed by atoms with Crippen LogP contribution in [0.2, 0.25) is 0 Å². The number of aliphatic carboxylic acids is 1. The molecule has 5 heteroatoms. The minimum absolute atomic E-state index is 0.147. The minimum atomic E-state index is -0.925. The Bertz CT molecular complexity index is 802. The Labute approximate surface area is 153 Å². The highest BCUT2D eigenvalue weighted by Crippen LogP contribution is 2.21. The summed E-state index contributed by atoms with van der Waals surface area (Å²) in [6, 6.07) is 14.8. The Morgan fingerprint density at radius 3 is 2.77 bits per heavy atom. The van der Waals surface area contributed by atoms with E-state index in [1.807, 2.05) is 55.5 Å². The van der Waals surface area contributed by atoms with E-state index >= 15 is 0 Å². The highest BCUT2D eigenvalue weighted by Gasteiger charge is 2.33. The summed E-state index contributed by atoms with van der Waals surface area (Å²) < 4.78 is 5.86. The maximum absolute atomic E-state index is 12.5. The number of benzene rings is 2. The quantitative estimate of drug-likeness (QED) is 0.866. The topological polar surface area (TPSA) is 66.8 Å². The number of likely N-dealkylation sites (tertiary alicyclic amines) is 1. The normalized spacial score (nSPS) is 16.5. The van der Waals surface area contributed by atoms with Crippen molar-refractivity contribution in [2.24, 2.45) is 0 Å². The van der Waals surface area contributed by atoms with Crippen LogP contribution in [-0.4, -0.2) is 34.5 Å². The molecule has 1 atom stereocenters. The lowest BCUT2D eigenvalue weighted by atomic mass is 10.1. The van der Waals surface area contributed by atoms with E-state index in [-0.39, 0.29) is 12.3 Å². The number of carbonyl (C=O) groups is 2. The number of carboxylic acid groups (broad SMARTS) is 1. The summed E-state index contributed by atoms with van der Waals surface area (Å²) >= 11 is 0. The van der Waals surface area contributed by atoms with E-state index in [0.29, 0.717) is 25.3 Å². The first-order valence-electron chi connectivity index (χ1n) is 8.83. The van der Waals surface area contributed by atoms with Crippen LogP contribution in [-0.2, 0) is 22.6 Å². The fourth-order valence-electron chi connectivity index (χ4n) is 3.28. The van der Waals surface area contributed by atoms with Gasteiger partial charge in [0.05, 0.1) is 6.42 Å². The molecule has 1 aliphatic rings. The Kier molecular flexibility index (Phi) is 5.56. The molecule has 1 aliphatic heterocycles. The third-order valence-electron chi connectivity index (χ3n) is 4.77. The summed E-state index contributed by atoms with van der Waals surface area (Å²) in [6.45, 7) is 3.03. The lowest BCUT2D eigenvalue weighted by Crippen LogP contribution is -2.41. The van der Waals surface area contributed by atoms with Crippen molar-refractivity contribution in [1.82, 2.24) is 4.90 Å². The summed E-state index contributed by atoms with van der Waals surface area (Å²) in [6.07, 6.45) is 1.45. The molecule has 0 aromatic heterocycles. The molecule has 1 heterocycles. The van der Waals surface area contributed by atoms with Gasteiger partial charge in [0.25, 0.3) is 0 Å². The highest BCUT2D eigenvalue weighted by molar-refractivity contribution is 5.85. The number of rotatable bonds is 6. The second-order valence-electron chi connectivity index (χ2n) is 6.62. The second-order valence-corrected chi connectivity index (χ2v) is 6.62. The van der Waals surface area contributed by atoms with Crippen molar-refractivity contribution in [3.8, 4) is 5.75 Å². The van der Waals surface area contributed by atoms with Gasteiger partial charge in [-0.15, -0.1) is 0 Å². The largest absolute Gasteiger partial charge is 0.489 e. The molecule has 0 unspecified atom stereocenters. The first-order valence-corrected chi connectivity index (χ1v) is 8.83. The van der Waals surface area contributed by atoms with Gasteiger partial charge in [0, 0.05) is 6.54 Å². The SMILES string of the molecule is Cc1ccccc1COc1cccc(CC(=O)N2CCC[C@@H]2C(=O)O)c1. The van der Waals surface area contributed by atoms with Crippen LogP contribution in [0.5, 0.6) is 5.75 Å². The van der Waals surface area contributed by atoms with Crippen molar-refractivity contribution in [3.05, 3.63) is 65.2 Å². The molecule has 0 saturated carbocycles. The first-order chi connectivity index (χ1) is 12.5. The molecular weight excluding hydrogens is 330 g/mol. The van der Waals surface area contributed by atoms with Gasteiger partial charge in [0.1, 0.15) is 18.4 Å². The minimum Gasteiger partial charge on any atom is -0.489 e. The van der Waals surface area contributed by atoms with E-state index < -0.39 is 12.0 Å². The predicted octanol–water partition coefficient (Wildman–Crippen LogP) is 3.19. The lowest BCUT2D eigenvalue weighted by molar-refractivity contribution is -0.148. The molecular formula is C21H23NO4. The van der Waals surface area contributed by atoms with Crippen molar-refractivity contribution in [3.63, 3.8) is 0 Å². The standard InChI is InChI=1S/C21H23NO4/c1-15-6-2-3-8-17(15)14-26-18-9-4-7-16(12-18)13-20(23)22-11-5-10-19(22)21(24)25/h2-4,6-9,12,19H,5,10-11,13-14H2,1H3,(H,24,25)/t19-/m1/s1.